The van der Waals surface area contributed by atoms with E-state index in [1.54, 1.807) is 36.9 Å². The summed E-state index contributed by atoms with van der Waals surface area (Å²) in [5, 5.41) is 3.40. The van der Waals surface area contributed by atoms with Crippen LogP contribution in [0.4, 0.5) is 5.69 Å². The number of hydrogen-bond acceptors (Lipinski definition) is 4. The average Bonchev–Trinajstić information content (AvgIpc) is 2.65. The van der Waals surface area contributed by atoms with Gasteiger partial charge in [0.15, 0.2) is 0 Å². The van der Waals surface area contributed by atoms with Gasteiger partial charge >= 0.3 is 0 Å². The molecular weight excluding hydrogens is 428 g/mol. The first kappa shape index (κ1) is 23.6. The molecule has 1 N–H and O–H groups in total. The molecule has 0 atom stereocenters. The molecule has 0 aliphatic carbocycles. The lowest BCUT2D eigenvalue weighted by molar-refractivity contribution is -0.121. The third-order valence-corrected chi connectivity index (χ3v) is 6.99. The van der Waals surface area contributed by atoms with Gasteiger partial charge in [-0.25, -0.2) is 8.42 Å². The molecule has 0 spiro atoms. The fraction of sp³-hybridized carbons (Fsp3) is 0.381. The lowest BCUT2D eigenvalue weighted by Gasteiger charge is -2.24. The van der Waals surface area contributed by atoms with Crippen molar-refractivity contribution in [3.8, 4) is 0 Å². The van der Waals surface area contributed by atoms with E-state index in [2.05, 4.69) is 29.6 Å². The van der Waals surface area contributed by atoms with Gasteiger partial charge in [-0.2, -0.15) is 0 Å². The molecule has 0 aromatic heterocycles. The number of thioether (sulfide) groups is 1. The van der Waals surface area contributed by atoms with Crippen LogP contribution in [0.5, 0.6) is 0 Å². The molecule has 29 heavy (non-hydrogen) atoms. The maximum atomic E-state index is 12.2. The number of sulfonamides is 1. The second-order valence-corrected chi connectivity index (χ2v) is 10.3. The van der Waals surface area contributed by atoms with E-state index in [9.17, 15) is 13.2 Å². The number of benzene rings is 2. The monoisotopic (exact) mass is 454 g/mol. The summed E-state index contributed by atoms with van der Waals surface area (Å²) in [7, 11) is -3.47. The van der Waals surface area contributed by atoms with E-state index in [4.69, 9.17) is 11.6 Å². The minimum atomic E-state index is -3.47. The Kier molecular flexibility index (Phi) is 8.86. The lowest BCUT2D eigenvalue weighted by Crippen LogP contribution is -2.33. The normalized spacial score (nSPS) is 11.3. The molecule has 0 saturated heterocycles. The van der Waals surface area contributed by atoms with Gasteiger partial charge in [-0.05, 0) is 50.1 Å². The third-order valence-electron chi connectivity index (χ3n) is 4.39. The zero-order valence-electron chi connectivity index (χ0n) is 16.9. The number of halogens is 1. The maximum Gasteiger partial charge on any atom is 0.232 e. The van der Waals surface area contributed by atoms with Gasteiger partial charge in [0.05, 0.1) is 11.9 Å². The molecule has 0 aliphatic heterocycles. The van der Waals surface area contributed by atoms with Crippen LogP contribution in [0, 0.1) is 13.8 Å². The van der Waals surface area contributed by atoms with Crippen molar-refractivity contribution < 1.29 is 13.2 Å². The third kappa shape index (κ3) is 7.57. The highest BCUT2D eigenvalue weighted by Crippen LogP contribution is 2.28. The second kappa shape index (κ2) is 10.9. The molecule has 0 aliphatic rings. The van der Waals surface area contributed by atoms with Crippen molar-refractivity contribution in [2.45, 2.75) is 31.6 Å². The number of nitrogens with zero attached hydrogens (tertiary/aromatic N) is 1. The van der Waals surface area contributed by atoms with Crippen LogP contribution in [-0.2, 0) is 14.8 Å². The lowest BCUT2D eigenvalue weighted by atomic mass is 10.2. The topological polar surface area (TPSA) is 66.5 Å². The molecule has 0 fully saturated rings. The molecule has 0 radical (unpaired) electrons. The van der Waals surface area contributed by atoms with Gasteiger partial charge in [0.25, 0.3) is 0 Å². The number of rotatable bonds is 10. The largest absolute Gasteiger partial charge is 0.355 e. The SMILES string of the molecule is Cc1ccc(SCCNC(=O)CCCN(c2cccc(Cl)c2C)S(C)(=O)=O)cc1. The molecular formula is C21H27ClN2O3S2. The number of carbonyl (C=O) groups excluding carboxylic acids is 1. The van der Waals surface area contributed by atoms with Gasteiger partial charge < -0.3 is 5.32 Å². The summed E-state index contributed by atoms with van der Waals surface area (Å²) in [4.78, 5) is 13.3. The van der Waals surface area contributed by atoms with Crippen molar-refractivity contribution in [2.75, 3.05) is 29.4 Å². The Morgan fingerprint density at radius 1 is 1.14 bits per heavy atom. The summed E-state index contributed by atoms with van der Waals surface area (Å²) in [5.41, 5.74) is 2.48. The van der Waals surface area contributed by atoms with Gasteiger partial charge in [0.2, 0.25) is 15.9 Å². The van der Waals surface area contributed by atoms with Crippen molar-refractivity contribution in [2.24, 2.45) is 0 Å². The molecule has 2 aromatic rings. The van der Waals surface area contributed by atoms with Gasteiger partial charge in [-0.1, -0.05) is 35.4 Å². The van der Waals surface area contributed by atoms with Crippen LogP contribution < -0.4 is 9.62 Å². The number of carbonyl (C=O) groups is 1. The highest BCUT2D eigenvalue weighted by Gasteiger charge is 2.20. The van der Waals surface area contributed by atoms with Gasteiger partial charge in [-0.3, -0.25) is 9.10 Å². The zero-order chi connectivity index (χ0) is 21.4. The fourth-order valence-corrected chi connectivity index (χ4v) is 4.75. The van der Waals surface area contributed by atoms with Crippen LogP contribution in [0.15, 0.2) is 47.4 Å². The Morgan fingerprint density at radius 2 is 1.83 bits per heavy atom. The molecule has 158 valence electrons. The molecule has 5 nitrogen and oxygen atoms in total. The summed E-state index contributed by atoms with van der Waals surface area (Å²) >= 11 is 7.82. The van der Waals surface area contributed by atoms with Crippen LogP contribution in [-0.4, -0.2) is 39.4 Å². The number of nitrogens with one attached hydrogen (secondary N) is 1. The predicted octanol–water partition coefficient (Wildman–Crippen LogP) is 4.41. The number of hydrogen-bond donors (Lipinski definition) is 1. The first-order valence-corrected chi connectivity index (χ1v) is 12.6. The van der Waals surface area contributed by atoms with E-state index < -0.39 is 10.0 Å². The molecule has 1 amide bonds. The van der Waals surface area contributed by atoms with Crippen molar-refractivity contribution in [1.82, 2.24) is 5.32 Å². The predicted molar refractivity (Wildman–Crippen MR) is 123 cm³/mol. The van der Waals surface area contributed by atoms with Crippen LogP contribution in [0.1, 0.15) is 24.0 Å². The first-order chi connectivity index (χ1) is 13.7. The van der Waals surface area contributed by atoms with Gasteiger partial charge in [0.1, 0.15) is 0 Å². The van der Waals surface area contributed by atoms with Gasteiger partial charge in [-0.15, -0.1) is 11.8 Å². The van der Waals surface area contributed by atoms with E-state index in [1.165, 1.54) is 14.8 Å². The molecule has 8 heteroatoms. The summed E-state index contributed by atoms with van der Waals surface area (Å²) in [5.74, 6) is 0.706. The van der Waals surface area contributed by atoms with Crippen LogP contribution >= 0.6 is 23.4 Å². The van der Waals surface area contributed by atoms with Crippen LogP contribution in [0.2, 0.25) is 5.02 Å². The Hall–Kier alpha value is -1.70. The van der Waals surface area contributed by atoms with E-state index in [0.717, 1.165) is 12.0 Å². The first-order valence-electron chi connectivity index (χ1n) is 9.37. The fourth-order valence-electron chi connectivity index (χ4n) is 2.80. The average molecular weight is 455 g/mol. The van der Waals surface area contributed by atoms with E-state index in [-0.39, 0.29) is 18.9 Å². The van der Waals surface area contributed by atoms with E-state index in [0.29, 0.717) is 29.2 Å². The van der Waals surface area contributed by atoms with Crippen molar-refractivity contribution in [3.63, 3.8) is 0 Å². The zero-order valence-corrected chi connectivity index (χ0v) is 19.3. The van der Waals surface area contributed by atoms with Gasteiger partial charge in [0, 0.05) is 35.2 Å². The van der Waals surface area contributed by atoms with Crippen LogP contribution in [0.3, 0.4) is 0 Å². The number of anilines is 1. The Labute approximate surface area is 182 Å². The van der Waals surface area contributed by atoms with Crippen molar-refractivity contribution >= 4 is 45.0 Å². The molecule has 0 bridgehead atoms. The highest BCUT2D eigenvalue weighted by atomic mass is 35.5. The van der Waals surface area contributed by atoms with Crippen molar-refractivity contribution in [1.29, 1.82) is 0 Å². The molecule has 0 saturated carbocycles. The maximum absolute atomic E-state index is 12.2. The Morgan fingerprint density at radius 3 is 2.48 bits per heavy atom. The minimum Gasteiger partial charge on any atom is -0.355 e. The summed E-state index contributed by atoms with van der Waals surface area (Å²) in [6.07, 6.45) is 1.85. The Balaban J connectivity index is 1.79. The smallest absolute Gasteiger partial charge is 0.232 e. The Bertz CT molecular complexity index is 931. The molecule has 0 heterocycles. The second-order valence-electron chi connectivity index (χ2n) is 6.83. The minimum absolute atomic E-state index is 0.0780. The number of aryl methyl sites for hydroxylation is 1. The molecule has 2 aromatic carbocycles. The van der Waals surface area contributed by atoms with E-state index >= 15 is 0 Å². The highest BCUT2D eigenvalue weighted by molar-refractivity contribution is 7.99. The number of amides is 1. The quantitative estimate of drug-likeness (QED) is 0.426. The summed E-state index contributed by atoms with van der Waals surface area (Å²) < 4.78 is 25.7. The molecule has 2 rings (SSSR count). The standard InChI is InChI=1S/C21H27ClN2O3S2/c1-16-9-11-18(12-10-16)28-15-13-23-21(25)8-5-14-24(29(3,26)27)20-7-4-6-19(22)17(20)2/h4,6-7,9-12H,5,8,13-15H2,1-3H3,(H,23,25). The van der Waals surface area contributed by atoms with Crippen LogP contribution in [0.25, 0.3) is 0 Å². The summed E-state index contributed by atoms with van der Waals surface area (Å²) in [6, 6.07) is 13.4. The molecule has 0 unspecified atom stereocenters. The summed E-state index contributed by atoms with van der Waals surface area (Å²) in [6.45, 7) is 4.63. The van der Waals surface area contributed by atoms with Crippen molar-refractivity contribution in [3.05, 3.63) is 58.6 Å². The van der Waals surface area contributed by atoms with E-state index in [1.807, 2.05) is 6.92 Å².